The number of carbonyl (C=O) groups is 3. The van der Waals surface area contributed by atoms with E-state index < -0.39 is 23.4 Å². The Balaban J connectivity index is 1.47. The summed E-state index contributed by atoms with van der Waals surface area (Å²) in [6, 6.07) is 13.6. The number of imide groups is 1. The van der Waals surface area contributed by atoms with Crippen LogP contribution in [0.25, 0.3) is 6.08 Å². The van der Waals surface area contributed by atoms with E-state index in [4.69, 9.17) is 9.47 Å². The van der Waals surface area contributed by atoms with Gasteiger partial charge in [0.05, 0.1) is 0 Å². The zero-order chi connectivity index (χ0) is 21.1. The van der Waals surface area contributed by atoms with E-state index in [9.17, 15) is 14.4 Å². The molecule has 2 aromatic carbocycles. The number of hydrogen-bond donors (Lipinski definition) is 2. The molecule has 30 heavy (non-hydrogen) atoms. The van der Waals surface area contributed by atoms with Crippen molar-refractivity contribution in [2.45, 2.75) is 18.9 Å². The first-order valence-electron chi connectivity index (χ1n) is 9.64. The summed E-state index contributed by atoms with van der Waals surface area (Å²) in [4.78, 5) is 37.8. The molecule has 0 aromatic heterocycles. The molecular weight excluding hydrogens is 386 g/mol. The van der Waals surface area contributed by atoms with Gasteiger partial charge in [0.2, 0.25) is 0 Å². The van der Waals surface area contributed by atoms with Crippen LogP contribution in [0.2, 0.25) is 0 Å². The van der Waals surface area contributed by atoms with Gasteiger partial charge < -0.3 is 14.8 Å². The molecule has 1 fully saturated rings. The number of nitrogens with zero attached hydrogens (tertiary/aromatic N) is 1. The Labute approximate surface area is 173 Å². The zero-order valence-electron chi connectivity index (χ0n) is 16.4. The van der Waals surface area contributed by atoms with Gasteiger partial charge in [-0.3, -0.25) is 15.0 Å². The number of benzene rings is 2. The summed E-state index contributed by atoms with van der Waals surface area (Å²) in [5.41, 5.74) is 2.54. The molecule has 2 aliphatic heterocycles. The predicted molar refractivity (Wildman–Crippen MR) is 108 cm³/mol. The fourth-order valence-corrected chi connectivity index (χ4v) is 3.52. The van der Waals surface area contributed by atoms with E-state index in [1.54, 1.807) is 55.5 Å². The Morgan fingerprint density at radius 3 is 2.60 bits per heavy atom. The normalized spacial score (nSPS) is 20.4. The average molecular weight is 407 g/mol. The van der Waals surface area contributed by atoms with Crippen LogP contribution in [0, 0.1) is 0 Å². The van der Waals surface area contributed by atoms with Crippen LogP contribution < -0.4 is 20.2 Å². The molecule has 0 spiro atoms. The summed E-state index contributed by atoms with van der Waals surface area (Å²) in [5, 5.41) is 3.44. The van der Waals surface area contributed by atoms with Crippen LogP contribution in [0.5, 0.6) is 11.5 Å². The Kier molecular flexibility index (Phi) is 5.14. The van der Waals surface area contributed by atoms with Gasteiger partial charge in [-0.25, -0.2) is 4.79 Å². The fourth-order valence-electron chi connectivity index (χ4n) is 3.52. The highest BCUT2D eigenvalue weighted by molar-refractivity contribution is 6.09. The largest absolute Gasteiger partial charge is 0.486 e. The molecule has 0 radical (unpaired) electrons. The van der Waals surface area contributed by atoms with E-state index in [-0.39, 0.29) is 0 Å². The van der Waals surface area contributed by atoms with Crippen molar-refractivity contribution in [1.29, 1.82) is 0 Å². The highest BCUT2D eigenvalue weighted by Gasteiger charge is 2.52. The predicted octanol–water partition coefficient (Wildman–Crippen LogP) is 2.36. The molecule has 0 aliphatic carbocycles. The maximum Gasteiger partial charge on any atom is 0.344 e. The monoisotopic (exact) mass is 407 g/mol. The third-order valence-electron chi connectivity index (χ3n) is 5.10. The molecule has 2 aliphatic rings. The third-order valence-corrected chi connectivity index (χ3v) is 5.10. The van der Waals surface area contributed by atoms with Crippen LogP contribution >= 0.6 is 0 Å². The van der Waals surface area contributed by atoms with E-state index in [0.717, 1.165) is 10.6 Å². The Hall–Kier alpha value is -3.81. The van der Waals surface area contributed by atoms with Crippen LogP contribution in [0.4, 0.5) is 4.79 Å². The summed E-state index contributed by atoms with van der Waals surface area (Å²) in [5.74, 6) is 0.128. The standard InChI is InChI=1S/C22H21N3O5/c1-2-22(16-6-4-3-5-7-16)20(27)25(21(28)23-22)24-19(26)11-9-15-8-10-17-18(14-15)30-13-12-29-17/h3-11,14H,2,12-13H2,1H3,(H,23,28)(H,24,26)/b11-9+/t22-/m0/s1. The second-order valence-electron chi connectivity index (χ2n) is 6.91. The molecule has 0 bridgehead atoms. The van der Waals surface area contributed by atoms with Crippen molar-refractivity contribution in [2.24, 2.45) is 0 Å². The van der Waals surface area contributed by atoms with E-state index in [1.807, 2.05) is 6.07 Å². The van der Waals surface area contributed by atoms with Gasteiger partial charge in [0.15, 0.2) is 11.5 Å². The number of hydrazine groups is 1. The average Bonchev–Trinajstić information content (AvgIpc) is 3.03. The topological polar surface area (TPSA) is 97.0 Å². The lowest BCUT2D eigenvalue weighted by atomic mass is 9.87. The van der Waals surface area contributed by atoms with E-state index in [1.165, 1.54) is 6.08 Å². The molecule has 0 unspecified atom stereocenters. The summed E-state index contributed by atoms with van der Waals surface area (Å²) in [6.07, 6.45) is 3.16. The quantitative estimate of drug-likeness (QED) is 0.586. The van der Waals surface area contributed by atoms with E-state index in [0.29, 0.717) is 36.7 Å². The molecule has 2 heterocycles. The van der Waals surface area contributed by atoms with E-state index in [2.05, 4.69) is 10.7 Å². The molecule has 8 nitrogen and oxygen atoms in total. The highest BCUT2D eigenvalue weighted by Crippen LogP contribution is 2.32. The summed E-state index contributed by atoms with van der Waals surface area (Å²) in [6.45, 7) is 2.77. The second kappa shape index (κ2) is 7.90. The summed E-state index contributed by atoms with van der Waals surface area (Å²) in [7, 11) is 0. The van der Waals surface area contributed by atoms with Crippen molar-refractivity contribution >= 4 is 23.9 Å². The molecule has 4 rings (SSSR count). The SMILES string of the molecule is CC[C@@]1(c2ccccc2)NC(=O)N(NC(=O)/C=C/c2ccc3c(c2)OCCO3)C1=O. The van der Waals surface area contributed by atoms with Crippen molar-refractivity contribution in [3.63, 3.8) is 0 Å². The molecular formula is C22H21N3O5. The second-order valence-corrected chi connectivity index (χ2v) is 6.91. The molecule has 0 saturated carbocycles. The lowest BCUT2D eigenvalue weighted by Crippen LogP contribution is -2.48. The van der Waals surface area contributed by atoms with Gasteiger partial charge in [-0.1, -0.05) is 43.3 Å². The summed E-state index contributed by atoms with van der Waals surface area (Å²) < 4.78 is 11.0. The van der Waals surface area contributed by atoms with Crippen LogP contribution in [0.1, 0.15) is 24.5 Å². The van der Waals surface area contributed by atoms with Crippen molar-refractivity contribution in [3.8, 4) is 11.5 Å². The van der Waals surface area contributed by atoms with Gasteiger partial charge in [0, 0.05) is 6.08 Å². The van der Waals surface area contributed by atoms with Crippen LogP contribution in [-0.4, -0.2) is 36.1 Å². The molecule has 154 valence electrons. The van der Waals surface area contributed by atoms with Gasteiger partial charge >= 0.3 is 6.03 Å². The number of fused-ring (bicyclic) bond motifs is 1. The minimum atomic E-state index is -1.20. The molecule has 8 heteroatoms. The molecule has 4 amide bonds. The minimum absolute atomic E-state index is 0.348. The van der Waals surface area contributed by atoms with Crippen molar-refractivity contribution in [3.05, 3.63) is 65.7 Å². The Morgan fingerprint density at radius 2 is 1.87 bits per heavy atom. The van der Waals surface area contributed by atoms with Gasteiger partial charge in [0.1, 0.15) is 18.8 Å². The van der Waals surface area contributed by atoms with Gasteiger partial charge in [-0.2, -0.15) is 5.01 Å². The first-order chi connectivity index (χ1) is 14.5. The van der Waals surface area contributed by atoms with Crippen molar-refractivity contribution in [1.82, 2.24) is 15.8 Å². The molecule has 1 saturated heterocycles. The molecule has 2 aromatic rings. The van der Waals surface area contributed by atoms with Gasteiger partial charge in [-0.15, -0.1) is 0 Å². The van der Waals surface area contributed by atoms with E-state index >= 15 is 0 Å². The molecule has 2 N–H and O–H groups in total. The number of carbonyl (C=O) groups excluding carboxylic acids is 3. The van der Waals surface area contributed by atoms with Gasteiger partial charge in [-0.05, 0) is 35.8 Å². The Morgan fingerprint density at radius 1 is 1.13 bits per heavy atom. The van der Waals surface area contributed by atoms with Crippen LogP contribution in [-0.2, 0) is 15.1 Å². The fraction of sp³-hybridized carbons (Fsp3) is 0.227. The number of rotatable bonds is 5. The van der Waals surface area contributed by atoms with Crippen molar-refractivity contribution in [2.75, 3.05) is 13.2 Å². The maximum absolute atomic E-state index is 13.0. The first-order valence-corrected chi connectivity index (χ1v) is 9.64. The van der Waals surface area contributed by atoms with Crippen LogP contribution in [0.3, 0.4) is 0 Å². The smallest absolute Gasteiger partial charge is 0.344 e. The van der Waals surface area contributed by atoms with Crippen molar-refractivity contribution < 1.29 is 23.9 Å². The lowest BCUT2D eigenvalue weighted by Gasteiger charge is -2.25. The maximum atomic E-state index is 13.0. The summed E-state index contributed by atoms with van der Waals surface area (Å²) >= 11 is 0. The first kappa shape index (κ1) is 19.5. The third kappa shape index (κ3) is 3.47. The lowest BCUT2D eigenvalue weighted by molar-refractivity contribution is -0.138. The zero-order valence-corrected chi connectivity index (χ0v) is 16.4. The number of amides is 4. The van der Waals surface area contributed by atoms with Gasteiger partial charge in [0.25, 0.3) is 11.8 Å². The highest BCUT2D eigenvalue weighted by atomic mass is 16.6. The number of nitrogens with one attached hydrogen (secondary N) is 2. The minimum Gasteiger partial charge on any atom is -0.486 e. The Bertz CT molecular complexity index is 1020. The number of hydrogen-bond acceptors (Lipinski definition) is 5. The number of urea groups is 1. The van der Waals surface area contributed by atoms with Crippen LogP contribution in [0.15, 0.2) is 54.6 Å². The number of ether oxygens (including phenoxy) is 2. The molecule has 1 atom stereocenters.